The number of nitrogens with one attached hydrogen (secondary N) is 1. The smallest absolute Gasteiger partial charge is 0.371 e. The van der Waals surface area contributed by atoms with Gasteiger partial charge in [0, 0.05) is 13.1 Å². The number of hydroxylamine groups is 2. The summed E-state index contributed by atoms with van der Waals surface area (Å²) < 4.78 is 85.8. The number of rotatable bonds is 6. The van der Waals surface area contributed by atoms with Crippen molar-refractivity contribution in [3.63, 3.8) is 0 Å². The van der Waals surface area contributed by atoms with Crippen LogP contribution in [0.3, 0.4) is 0 Å². The number of carbonyl (C=O) groups excluding carboxylic acids is 1. The van der Waals surface area contributed by atoms with Crippen molar-refractivity contribution in [1.82, 2.24) is 10.4 Å². The van der Waals surface area contributed by atoms with Crippen molar-refractivity contribution in [2.75, 3.05) is 14.2 Å². The molecule has 0 spiro atoms. The normalized spacial score (nSPS) is 25.5. The van der Waals surface area contributed by atoms with Gasteiger partial charge in [-0.05, 0) is 48.6 Å². The van der Waals surface area contributed by atoms with Gasteiger partial charge in [0.1, 0.15) is 0 Å². The zero-order valence-corrected chi connectivity index (χ0v) is 20.8. The number of ether oxygens (including phenoxy) is 1. The van der Waals surface area contributed by atoms with E-state index < -0.39 is 47.6 Å². The highest BCUT2D eigenvalue weighted by atomic mass is 35.5. The van der Waals surface area contributed by atoms with E-state index in [2.05, 4.69) is 5.32 Å². The first-order valence-corrected chi connectivity index (χ1v) is 11.4. The van der Waals surface area contributed by atoms with E-state index in [-0.39, 0.29) is 36.0 Å². The number of hydrogen-bond acceptors (Lipinski definition) is 4. The molecule has 12 heteroatoms. The first-order chi connectivity index (χ1) is 16.8. The summed E-state index contributed by atoms with van der Waals surface area (Å²) in [4.78, 5) is 18.0. The lowest BCUT2D eigenvalue weighted by Crippen LogP contribution is -2.54. The van der Waals surface area contributed by atoms with Gasteiger partial charge < -0.3 is 10.1 Å². The number of piperidine rings is 1. The quantitative estimate of drug-likeness (QED) is 0.368. The van der Waals surface area contributed by atoms with Crippen LogP contribution in [-0.2, 0) is 38.9 Å². The summed E-state index contributed by atoms with van der Waals surface area (Å²) in [6.07, 6.45) is -9.11. The van der Waals surface area contributed by atoms with Crippen molar-refractivity contribution in [2.24, 2.45) is 5.92 Å². The highest BCUT2D eigenvalue weighted by Gasteiger charge is 2.56. The summed E-state index contributed by atoms with van der Waals surface area (Å²) in [6, 6.07) is 10.5. The average molecular weight is 553 g/mol. The van der Waals surface area contributed by atoms with E-state index in [9.17, 15) is 31.1 Å². The molecule has 1 N–H and O–H groups in total. The number of amides is 1. The maximum Gasteiger partial charge on any atom is 0.416 e. The third-order valence-corrected chi connectivity index (χ3v) is 7.05. The predicted molar refractivity (Wildman–Crippen MR) is 124 cm³/mol. The van der Waals surface area contributed by atoms with Gasteiger partial charge >= 0.3 is 12.4 Å². The monoisotopic (exact) mass is 552 g/mol. The lowest BCUT2D eigenvalue weighted by molar-refractivity contribution is -0.173. The molecule has 2 aliphatic heterocycles. The molecule has 0 saturated carbocycles. The van der Waals surface area contributed by atoms with E-state index in [4.69, 9.17) is 9.57 Å². The number of nitrogens with zero attached hydrogens (tertiary/aromatic N) is 1. The minimum Gasteiger partial charge on any atom is -0.371 e. The van der Waals surface area contributed by atoms with Gasteiger partial charge in [0.2, 0.25) is 0 Å². The number of alkyl halides is 6. The summed E-state index contributed by atoms with van der Waals surface area (Å²) in [5.41, 5.74) is -3.01. The lowest BCUT2D eigenvalue weighted by Gasteiger charge is -2.42. The lowest BCUT2D eigenvalue weighted by atomic mass is 9.80. The van der Waals surface area contributed by atoms with E-state index >= 15 is 0 Å². The fraction of sp³-hybridized carbons (Fsp3) is 0.480. The fourth-order valence-corrected chi connectivity index (χ4v) is 5.29. The van der Waals surface area contributed by atoms with Crippen LogP contribution >= 0.6 is 12.4 Å². The Hall–Kier alpha value is -2.34. The minimum atomic E-state index is -4.94. The highest BCUT2D eigenvalue weighted by molar-refractivity contribution is 5.85. The van der Waals surface area contributed by atoms with Crippen molar-refractivity contribution in [2.45, 2.75) is 55.9 Å². The van der Waals surface area contributed by atoms with E-state index in [0.717, 1.165) is 10.6 Å². The molecule has 1 amide bonds. The average Bonchev–Trinajstić information content (AvgIpc) is 3.16. The standard InChI is InChI=1S/C25H26F6N2O3.ClH/c1-33(35-2)22(34)19-13-23(16-6-4-3-5-7-16)21(9-8-20(19)32-23)36-14-15-10-17(24(26,27)28)12-18(11-15)25(29,30)31;/h3-7,10-12,19-21,32H,8-9,13-14H2,1-2H3;1H. The van der Waals surface area contributed by atoms with Gasteiger partial charge in [0.05, 0.1) is 42.4 Å². The van der Waals surface area contributed by atoms with Crippen LogP contribution in [0.25, 0.3) is 0 Å². The zero-order chi connectivity index (χ0) is 26.3. The summed E-state index contributed by atoms with van der Waals surface area (Å²) in [6.45, 7) is -0.449. The van der Waals surface area contributed by atoms with Crippen LogP contribution in [0.5, 0.6) is 0 Å². The number of carbonyl (C=O) groups is 1. The maximum absolute atomic E-state index is 13.3. The SMILES string of the molecule is CON(C)C(=O)C1CC2(c3ccccc3)NC1CCC2OCc1cc(C(F)(F)F)cc(C(F)(F)F)c1.Cl. The van der Waals surface area contributed by atoms with E-state index in [1.807, 2.05) is 30.3 Å². The largest absolute Gasteiger partial charge is 0.416 e. The molecule has 2 saturated heterocycles. The van der Waals surface area contributed by atoms with Gasteiger partial charge in [-0.15, -0.1) is 12.4 Å². The molecule has 2 fully saturated rings. The number of fused-ring (bicyclic) bond motifs is 2. The number of benzene rings is 2. The highest BCUT2D eigenvalue weighted by Crippen LogP contribution is 2.48. The zero-order valence-electron chi connectivity index (χ0n) is 20.0. The van der Waals surface area contributed by atoms with Crippen LogP contribution in [0.15, 0.2) is 48.5 Å². The fourth-order valence-electron chi connectivity index (χ4n) is 5.29. The number of halogens is 7. The Morgan fingerprint density at radius 1 is 1.03 bits per heavy atom. The van der Waals surface area contributed by atoms with Gasteiger partial charge in [-0.25, -0.2) is 5.06 Å². The molecule has 0 aliphatic carbocycles. The van der Waals surface area contributed by atoms with Crippen LogP contribution in [0.1, 0.15) is 41.5 Å². The Morgan fingerprint density at radius 3 is 2.16 bits per heavy atom. The molecule has 2 aromatic carbocycles. The third-order valence-electron chi connectivity index (χ3n) is 7.05. The van der Waals surface area contributed by atoms with Crippen molar-refractivity contribution < 1.29 is 40.7 Å². The Labute approximate surface area is 216 Å². The van der Waals surface area contributed by atoms with Crippen molar-refractivity contribution in [1.29, 1.82) is 0 Å². The molecule has 2 aromatic rings. The molecule has 204 valence electrons. The maximum atomic E-state index is 13.3. The molecule has 2 aliphatic rings. The Balaban J connectivity index is 0.00000380. The molecule has 2 bridgehead atoms. The second kappa shape index (κ2) is 10.8. The van der Waals surface area contributed by atoms with Crippen molar-refractivity contribution in [3.05, 3.63) is 70.8 Å². The summed E-state index contributed by atoms with van der Waals surface area (Å²) in [7, 11) is 2.90. The van der Waals surface area contributed by atoms with Crippen LogP contribution in [0.2, 0.25) is 0 Å². The molecule has 37 heavy (non-hydrogen) atoms. The van der Waals surface area contributed by atoms with E-state index in [1.54, 1.807) is 0 Å². The summed E-state index contributed by atoms with van der Waals surface area (Å²) in [5.74, 6) is -0.657. The second-order valence-electron chi connectivity index (χ2n) is 9.21. The Bertz CT molecular complexity index is 1070. The van der Waals surface area contributed by atoms with E-state index in [1.165, 1.54) is 14.2 Å². The molecule has 2 heterocycles. The molecule has 5 nitrogen and oxygen atoms in total. The minimum absolute atomic E-state index is 0. The van der Waals surface area contributed by atoms with Gasteiger partial charge in [0.15, 0.2) is 0 Å². The van der Waals surface area contributed by atoms with E-state index in [0.29, 0.717) is 31.4 Å². The summed E-state index contributed by atoms with van der Waals surface area (Å²) in [5, 5.41) is 4.66. The molecular formula is C25H27ClF6N2O3. The molecule has 4 rings (SSSR count). The Kier molecular flexibility index (Phi) is 8.53. The van der Waals surface area contributed by atoms with Crippen LogP contribution in [0, 0.1) is 5.92 Å². The van der Waals surface area contributed by atoms with Crippen LogP contribution in [0.4, 0.5) is 26.3 Å². The molecular weight excluding hydrogens is 526 g/mol. The van der Waals surface area contributed by atoms with Crippen molar-refractivity contribution >= 4 is 18.3 Å². The summed E-state index contributed by atoms with van der Waals surface area (Å²) >= 11 is 0. The van der Waals surface area contributed by atoms with Gasteiger partial charge in [-0.1, -0.05) is 30.3 Å². The van der Waals surface area contributed by atoms with Gasteiger partial charge in [-0.3, -0.25) is 9.63 Å². The molecule has 0 aromatic heterocycles. The predicted octanol–water partition coefficient (Wildman–Crippen LogP) is 5.72. The third kappa shape index (κ3) is 5.89. The first kappa shape index (κ1) is 29.2. The molecule has 4 unspecified atom stereocenters. The molecule has 0 radical (unpaired) electrons. The first-order valence-electron chi connectivity index (χ1n) is 11.4. The van der Waals surface area contributed by atoms with Crippen LogP contribution < -0.4 is 5.32 Å². The van der Waals surface area contributed by atoms with Crippen molar-refractivity contribution in [3.8, 4) is 0 Å². The van der Waals surface area contributed by atoms with Crippen LogP contribution in [-0.4, -0.2) is 37.3 Å². The topological polar surface area (TPSA) is 50.8 Å². The Morgan fingerprint density at radius 2 is 1.62 bits per heavy atom. The number of hydrogen-bond donors (Lipinski definition) is 1. The van der Waals surface area contributed by atoms with Gasteiger partial charge in [-0.2, -0.15) is 26.3 Å². The second-order valence-corrected chi connectivity index (χ2v) is 9.21. The molecule has 4 atom stereocenters. The van der Waals surface area contributed by atoms with Gasteiger partial charge in [0.25, 0.3) is 5.91 Å².